The van der Waals surface area contributed by atoms with Crippen molar-refractivity contribution in [3.63, 3.8) is 0 Å². The van der Waals surface area contributed by atoms with E-state index in [-0.39, 0.29) is 0 Å². The van der Waals surface area contributed by atoms with Crippen LogP contribution in [0.5, 0.6) is 0 Å². The molecule has 0 amide bonds. The topological polar surface area (TPSA) is 0 Å². The molecule has 0 radical (unpaired) electrons. The van der Waals surface area contributed by atoms with Gasteiger partial charge in [0.15, 0.2) is 0 Å². The van der Waals surface area contributed by atoms with Gasteiger partial charge in [-0.2, -0.15) is 0 Å². The zero-order chi connectivity index (χ0) is 18.1. The molecule has 0 saturated carbocycles. The summed E-state index contributed by atoms with van der Waals surface area (Å²) in [4.78, 5) is 2.65. The molecule has 0 unspecified atom stereocenters. The van der Waals surface area contributed by atoms with E-state index < -0.39 is 0 Å². The summed E-state index contributed by atoms with van der Waals surface area (Å²) in [7, 11) is 0. The number of benzene rings is 2. The Hall–Kier alpha value is -0.850. The van der Waals surface area contributed by atoms with E-state index >= 15 is 0 Å². The van der Waals surface area contributed by atoms with Crippen molar-refractivity contribution in [3.05, 3.63) is 102 Å². The Kier molecular flexibility index (Phi) is 5.56. The zero-order valence-electron chi connectivity index (χ0n) is 14.4. The third-order valence-electron chi connectivity index (χ3n) is 4.23. The Bertz CT molecular complexity index is 906. The van der Waals surface area contributed by atoms with E-state index in [4.69, 9.17) is 0 Å². The van der Waals surface area contributed by atoms with Crippen LogP contribution < -0.4 is 0 Å². The lowest BCUT2D eigenvalue weighted by Crippen LogP contribution is -1.92. The van der Waals surface area contributed by atoms with E-state index in [0.29, 0.717) is 0 Å². The highest BCUT2D eigenvalue weighted by Gasteiger charge is 2.27. The number of allylic oxidation sites excluding steroid dienone is 3. The maximum absolute atomic E-state index is 2.37. The van der Waals surface area contributed by atoms with Gasteiger partial charge in [0, 0.05) is 21.3 Å². The molecule has 27 heavy (non-hydrogen) atoms. The largest absolute Gasteiger partial charge is 0.116 e. The van der Waals surface area contributed by atoms with E-state index in [1.807, 2.05) is 58.8 Å². The van der Waals surface area contributed by atoms with Crippen molar-refractivity contribution in [1.82, 2.24) is 0 Å². The van der Waals surface area contributed by atoms with Gasteiger partial charge in [-0.3, -0.25) is 0 Å². The van der Waals surface area contributed by atoms with Crippen molar-refractivity contribution in [1.29, 1.82) is 0 Å². The summed E-state index contributed by atoms with van der Waals surface area (Å²) in [6, 6.07) is 21.5. The molecule has 0 atom stereocenters. The lowest BCUT2D eigenvalue weighted by atomic mass is 10.1. The minimum absolute atomic E-state index is 1.23. The fraction of sp³-hybridized carbons (Fsp3) is 0.0909. The lowest BCUT2D eigenvalue weighted by Gasteiger charge is -2.18. The van der Waals surface area contributed by atoms with Gasteiger partial charge in [0.05, 0.1) is 12.7 Å². The van der Waals surface area contributed by atoms with Crippen LogP contribution in [0.2, 0.25) is 0 Å². The summed E-state index contributed by atoms with van der Waals surface area (Å²) >= 11 is 9.83. The summed E-state index contributed by atoms with van der Waals surface area (Å²) in [5.74, 6) is 2.46. The number of hydrogen-bond acceptors (Lipinski definition) is 5. The standard InChI is InChI=1S/C22H16S5/c1-3-7-15(8-4-1)18-13-17(14-19(25-18)16-9-5-2-6-10-16)20-26-21-22(27-20)24-12-11-23-21/h1-10,13-14H,11-12H2. The number of hydrogen-bond donors (Lipinski definition) is 0. The first-order chi connectivity index (χ1) is 13.4. The molecule has 0 aromatic heterocycles. The van der Waals surface area contributed by atoms with Crippen LogP contribution in [0.15, 0.2) is 91.1 Å². The second kappa shape index (κ2) is 8.26. The molecule has 0 N–H and O–H groups in total. The van der Waals surface area contributed by atoms with Crippen LogP contribution in [0.25, 0.3) is 9.81 Å². The van der Waals surface area contributed by atoms with Crippen molar-refractivity contribution in [3.8, 4) is 0 Å². The fourth-order valence-electron chi connectivity index (χ4n) is 2.94. The zero-order valence-corrected chi connectivity index (χ0v) is 18.5. The van der Waals surface area contributed by atoms with Crippen LogP contribution in [0.1, 0.15) is 11.1 Å². The number of rotatable bonds is 2. The van der Waals surface area contributed by atoms with E-state index in [9.17, 15) is 0 Å². The van der Waals surface area contributed by atoms with Gasteiger partial charge in [-0.1, -0.05) is 95.9 Å². The smallest absolute Gasteiger partial charge is 0.0660 e. The second-order valence-electron chi connectivity index (χ2n) is 6.07. The van der Waals surface area contributed by atoms with Gasteiger partial charge in [0.1, 0.15) is 0 Å². The SMILES string of the molecule is C1=C(c2ccccc2)SC(c2ccccc2)=CC1=C1SC2=C(SCCS2)S1. The predicted molar refractivity (Wildman–Crippen MR) is 131 cm³/mol. The van der Waals surface area contributed by atoms with Gasteiger partial charge in [0.2, 0.25) is 0 Å². The molecule has 0 nitrogen and oxygen atoms in total. The molecule has 134 valence electrons. The van der Waals surface area contributed by atoms with E-state index in [2.05, 4.69) is 72.8 Å². The average molecular weight is 441 g/mol. The average Bonchev–Trinajstić information content (AvgIpc) is 3.19. The molecule has 0 fully saturated rings. The molecule has 5 heteroatoms. The molecule has 2 aromatic rings. The molecule has 0 bridgehead atoms. The molecule has 2 aromatic carbocycles. The van der Waals surface area contributed by atoms with E-state index in [0.717, 1.165) is 0 Å². The highest BCUT2D eigenvalue weighted by atomic mass is 32.3. The molecular weight excluding hydrogens is 425 g/mol. The normalized spacial score (nSPS) is 19.7. The van der Waals surface area contributed by atoms with Crippen LogP contribution in [0.4, 0.5) is 0 Å². The Morgan fingerprint density at radius 3 is 1.48 bits per heavy atom. The third-order valence-corrected chi connectivity index (χ3v) is 11.2. The molecule has 0 aliphatic carbocycles. The first-order valence-corrected chi connectivity index (χ1v) is 13.1. The lowest BCUT2D eigenvalue weighted by molar-refractivity contribution is 1.56. The van der Waals surface area contributed by atoms with Crippen LogP contribution >= 0.6 is 58.8 Å². The molecular formula is C22H16S5. The maximum Gasteiger partial charge on any atom is 0.0660 e. The Morgan fingerprint density at radius 1 is 0.519 bits per heavy atom. The monoisotopic (exact) mass is 440 g/mol. The summed E-state index contributed by atoms with van der Waals surface area (Å²) < 4.78 is 4.42. The van der Waals surface area contributed by atoms with Gasteiger partial charge in [-0.15, -0.1) is 23.5 Å². The molecule has 3 heterocycles. The van der Waals surface area contributed by atoms with Gasteiger partial charge < -0.3 is 0 Å². The van der Waals surface area contributed by atoms with Gasteiger partial charge in [-0.25, -0.2) is 0 Å². The van der Waals surface area contributed by atoms with Crippen LogP contribution in [0, 0.1) is 0 Å². The van der Waals surface area contributed by atoms with Crippen LogP contribution in [-0.4, -0.2) is 11.5 Å². The van der Waals surface area contributed by atoms with Crippen molar-refractivity contribution in [2.24, 2.45) is 0 Å². The molecule has 3 aliphatic rings. The van der Waals surface area contributed by atoms with Gasteiger partial charge in [0.25, 0.3) is 0 Å². The summed E-state index contributed by atoms with van der Waals surface area (Å²) in [5.41, 5.74) is 3.92. The quantitative estimate of drug-likeness (QED) is 0.461. The summed E-state index contributed by atoms with van der Waals surface area (Å²) in [6.07, 6.45) is 4.74. The molecule has 0 spiro atoms. The van der Waals surface area contributed by atoms with Crippen LogP contribution in [-0.2, 0) is 0 Å². The minimum atomic E-state index is 1.23. The Morgan fingerprint density at radius 2 is 1.00 bits per heavy atom. The first kappa shape index (κ1) is 18.2. The highest BCUT2D eigenvalue weighted by molar-refractivity contribution is 8.41. The number of thioether (sulfide) groups is 5. The molecule has 5 rings (SSSR count). The minimum Gasteiger partial charge on any atom is -0.116 e. The summed E-state index contributed by atoms with van der Waals surface area (Å²) in [6.45, 7) is 0. The first-order valence-electron chi connectivity index (χ1n) is 8.69. The van der Waals surface area contributed by atoms with Gasteiger partial charge >= 0.3 is 0 Å². The van der Waals surface area contributed by atoms with Gasteiger partial charge in [-0.05, 0) is 28.9 Å². The van der Waals surface area contributed by atoms with Crippen molar-refractivity contribution >= 4 is 68.6 Å². The predicted octanol–water partition coefficient (Wildman–Crippen LogP) is 8.11. The van der Waals surface area contributed by atoms with E-state index in [1.165, 1.54) is 50.7 Å². The highest BCUT2D eigenvalue weighted by Crippen LogP contribution is 2.61. The van der Waals surface area contributed by atoms with Crippen molar-refractivity contribution in [2.75, 3.05) is 11.5 Å². The van der Waals surface area contributed by atoms with Crippen molar-refractivity contribution in [2.45, 2.75) is 0 Å². The second-order valence-corrected chi connectivity index (χ2v) is 12.2. The van der Waals surface area contributed by atoms with E-state index in [1.54, 1.807) is 0 Å². The Labute approximate surface area is 181 Å². The Balaban J connectivity index is 1.57. The maximum atomic E-state index is 2.37. The summed E-state index contributed by atoms with van der Waals surface area (Å²) in [5, 5.41) is 0. The molecule has 0 saturated heterocycles. The van der Waals surface area contributed by atoms with Crippen molar-refractivity contribution < 1.29 is 0 Å². The van der Waals surface area contributed by atoms with Crippen LogP contribution in [0.3, 0.4) is 0 Å². The molecule has 3 aliphatic heterocycles. The fourth-order valence-corrected chi connectivity index (χ4v) is 9.97. The third kappa shape index (κ3) is 3.99.